The van der Waals surface area contributed by atoms with Gasteiger partial charge in [0, 0.05) is 30.1 Å². The minimum atomic E-state index is -1.26. The summed E-state index contributed by atoms with van der Waals surface area (Å²) in [6.07, 6.45) is 0. The minimum absolute atomic E-state index is 0.0692. The van der Waals surface area contributed by atoms with Gasteiger partial charge in [0.25, 0.3) is 11.8 Å². The van der Waals surface area contributed by atoms with Gasteiger partial charge in [-0.05, 0) is 40.3 Å². The average Bonchev–Trinajstić information content (AvgIpc) is 3.53. The van der Waals surface area contributed by atoms with E-state index >= 15 is 0 Å². The van der Waals surface area contributed by atoms with E-state index in [4.69, 9.17) is 10.6 Å². The normalized spacial score (nSPS) is 19.0. The third-order valence-corrected chi connectivity index (χ3v) is 8.40. The van der Waals surface area contributed by atoms with Gasteiger partial charge in [0.15, 0.2) is 10.9 Å². The number of carboxylic acids is 1. The number of hydrogen-bond donors (Lipinski definition) is 3. The Labute approximate surface area is 230 Å². The van der Waals surface area contributed by atoms with Crippen LogP contribution in [0.5, 0.6) is 5.75 Å². The number of aryl methyl sites for hydroxylation is 1. The van der Waals surface area contributed by atoms with Gasteiger partial charge in [0.05, 0.1) is 0 Å². The molecule has 5 rings (SSSR count). The van der Waals surface area contributed by atoms with Gasteiger partial charge in [-0.2, -0.15) is 9.36 Å². The fourth-order valence-electron chi connectivity index (χ4n) is 3.61. The highest BCUT2D eigenvalue weighted by Gasteiger charge is 2.54. The number of amides is 2. The van der Waals surface area contributed by atoms with Crippen molar-refractivity contribution in [1.82, 2.24) is 39.8 Å². The summed E-state index contributed by atoms with van der Waals surface area (Å²) in [6.45, 7) is 0. The van der Waals surface area contributed by atoms with E-state index in [1.807, 2.05) is 0 Å². The van der Waals surface area contributed by atoms with Gasteiger partial charge in [-0.1, -0.05) is 16.9 Å². The number of nitrogens with two attached hydrogens (primary N) is 1. The molecule has 1 fully saturated rings. The number of hydrogen-bond acceptors (Lipinski definition) is 14. The number of nitrogens with zero attached hydrogens (tertiary/aromatic N) is 8. The number of halogens is 1. The lowest BCUT2D eigenvalue weighted by molar-refractivity contribution is -0.150. The van der Waals surface area contributed by atoms with Gasteiger partial charge < -0.3 is 21.0 Å². The van der Waals surface area contributed by atoms with Crippen molar-refractivity contribution < 1.29 is 28.7 Å². The zero-order valence-electron chi connectivity index (χ0n) is 19.7. The number of aromatic nitrogens is 6. The zero-order valence-corrected chi connectivity index (χ0v) is 22.2. The average molecular weight is 593 g/mol. The minimum Gasteiger partial charge on any atom is -0.477 e. The van der Waals surface area contributed by atoms with Crippen LogP contribution in [0.15, 0.2) is 45.8 Å². The third-order valence-electron chi connectivity index (χ3n) is 5.42. The highest BCUT2D eigenvalue weighted by atomic mass is 32.2. The molecule has 2 atom stereocenters. The van der Waals surface area contributed by atoms with Gasteiger partial charge in [-0.3, -0.25) is 14.5 Å². The van der Waals surface area contributed by atoms with Crippen molar-refractivity contribution in [3.05, 3.63) is 47.2 Å². The molecular formula is C20H17FN10O5S3. The Kier molecular flexibility index (Phi) is 7.44. The lowest BCUT2D eigenvalue weighted by Gasteiger charge is -2.49. The summed E-state index contributed by atoms with van der Waals surface area (Å²) < 4.78 is 18.6. The SMILES string of the molecule is Cn1nnnc1SCC1=C(C(=O)O)N2C(=O)C(NC(=O)/C(=N/Oc3ccc(F)cc3)c3nsc(N)n3)C2SC1. The molecule has 0 radical (unpaired) electrons. The van der Waals surface area contributed by atoms with E-state index in [-0.39, 0.29) is 33.9 Å². The standard InChI is InChI=1S/C20H17FN10O5S3/c1-30-20(25-28-29-30)38-7-8-6-37-17-12(16(33)31(17)13(8)18(34)35)23-15(32)11(14-24-19(22)39-27-14)26-36-10-4-2-9(21)3-5-10/h2-5,12,17H,6-7H2,1H3,(H,23,32)(H,34,35)(H2,22,24,27)/b26-11+. The molecule has 0 aliphatic carbocycles. The number of nitrogens with one attached hydrogen (secondary N) is 1. The van der Waals surface area contributed by atoms with Crippen LogP contribution in [0.2, 0.25) is 0 Å². The fourth-order valence-corrected chi connectivity index (χ4v) is 6.38. The molecule has 4 heterocycles. The maximum atomic E-state index is 13.2. The van der Waals surface area contributed by atoms with Crippen LogP contribution in [0.1, 0.15) is 5.82 Å². The number of fused-ring (bicyclic) bond motifs is 1. The summed E-state index contributed by atoms with van der Waals surface area (Å²) in [7, 11) is 1.66. The summed E-state index contributed by atoms with van der Waals surface area (Å²) >= 11 is 3.37. The molecule has 0 saturated carbocycles. The number of carbonyl (C=O) groups is 3. The topological polar surface area (TPSA) is 204 Å². The number of tetrazole rings is 1. The number of anilines is 1. The predicted octanol–water partition coefficient (Wildman–Crippen LogP) is 0.0969. The van der Waals surface area contributed by atoms with Crippen LogP contribution in [-0.2, 0) is 21.4 Å². The van der Waals surface area contributed by atoms with E-state index in [0.717, 1.165) is 28.6 Å². The number of rotatable bonds is 9. The number of carboxylic acid groups (broad SMARTS) is 1. The monoisotopic (exact) mass is 592 g/mol. The number of β-lactam (4-membered cyclic amide) rings is 1. The highest BCUT2D eigenvalue weighted by molar-refractivity contribution is 8.01. The van der Waals surface area contributed by atoms with Crippen LogP contribution < -0.4 is 15.9 Å². The molecule has 202 valence electrons. The predicted molar refractivity (Wildman–Crippen MR) is 137 cm³/mol. The Hall–Kier alpha value is -4.10. The summed E-state index contributed by atoms with van der Waals surface area (Å²) in [5.41, 5.74) is 5.65. The second-order valence-corrected chi connectivity index (χ2v) is 10.8. The first kappa shape index (κ1) is 26.5. The van der Waals surface area contributed by atoms with Gasteiger partial charge in [-0.25, -0.2) is 13.9 Å². The van der Waals surface area contributed by atoms with Crippen molar-refractivity contribution in [3.63, 3.8) is 0 Å². The van der Waals surface area contributed by atoms with Gasteiger partial charge in [-0.15, -0.1) is 16.9 Å². The number of oxime groups is 1. The van der Waals surface area contributed by atoms with Crippen molar-refractivity contribution in [2.45, 2.75) is 16.6 Å². The first-order valence-corrected chi connectivity index (χ1v) is 13.7. The van der Waals surface area contributed by atoms with Gasteiger partial charge in [0.1, 0.15) is 22.9 Å². The maximum Gasteiger partial charge on any atom is 0.352 e. The molecule has 2 amide bonds. The molecule has 39 heavy (non-hydrogen) atoms. The second kappa shape index (κ2) is 10.9. The molecule has 2 aliphatic heterocycles. The summed E-state index contributed by atoms with van der Waals surface area (Å²) in [6, 6.07) is 3.87. The van der Waals surface area contributed by atoms with Crippen molar-refractivity contribution in [1.29, 1.82) is 0 Å². The Morgan fingerprint density at radius 3 is 2.77 bits per heavy atom. The number of nitrogen functional groups attached to an aromatic ring is 1. The van der Waals surface area contributed by atoms with E-state index < -0.39 is 35.0 Å². The van der Waals surface area contributed by atoms with Crippen LogP contribution in [0.25, 0.3) is 0 Å². The summed E-state index contributed by atoms with van der Waals surface area (Å²) in [4.78, 5) is 48.7. The van der Waals surface area contributed by atoms with E-state index in [1.54, 1.807) is 7.05 Å². The fraction of sp³-hybridized carbons (Fsp3) is 0.250. The number of carbonyl (C=O) groups excluding carboxylic acids is 2. The molecule has 19 heteroatoms. The van der Waals surface area contributed by atoms with Crippen LogP contribution in [-0.4, -0.2) is 86.0 Å². The second-order valence-electron chi connectivity index (χ2n) is 7.93. The number of aliphatic carboxylic acids is 1. The Morgan fingerprint density at radius 2 is 2.13 bits per heavy atom. The Balaban J connectivity index is 1.32. The first-order chi connectivity index (χ1) is 18.7. The van der Waals surface area contributed by atoms with E-state index in [0.29, 0.717) is 16.5 Å². The van der Waals surface area contributed by atoms with E-state index in [1.165, 1.54) is 40.3 Å². The molecule has 2 aliphatic rings. The van der Waals surface area contributed by atoms with Crippen molar-refractivity contribution >= 4 is 63.7 Å². The highest BCUT2D eigenvalue weighted by Crippen LogP contribution is 2.41. The van der Waals surface area contributed by atoms with Crippen LogP contribution >= 0.6 is 35.1 Å². The molecule has 0 spiro atoms. The molecule has 0 bridgehead atoms. The molecule has 2 aromatic heterocycles. The van der Waals surface area contributed by atoms with Crippen LogP contribution in [0.3, 0.4) is 0 Å². The number of benzene rings is 1. The van der Waals surface area contributed by atoms with Crippen molar-refractivity contribution in [3.8, 4) is 5.75 Å². The maximum absolute atomic E-state index is 13.2. The Morgan fingerprint density at radius 1 is 1.36 bits per heavy atom. The van der Waals surface area contributed by atoms with E-state index in [9.17, 15) is 23.9 Å². The van der Waals surface area contributed by atoms with Gasteiger partial charge >= 0.3 is 5.97 Å². The molecule has 2 unspecified atom stereocenters. The molecule has 1 aromatic carbocycles. The van der Waals surface area contributed by atoms with Crippen molar-refractivity contribution in [2.24, 2.45) is 12.2 Å². The summed E-state index contributed by atoms with van der Waals surface area (Å²) in [5.74, 6) is -2.64. The molecule has 4 N–H and O–H groups in total. The van der Waals surface area contributed by atoms with Crippen LogP contribution in [0.4, 0.5) is 9.52 Å². The third kappa shape index (κ3) is 5.40. The summed E-state index contributed by atoms with van der Waals surface area (Å²) in [5, 5.41) is 27.3. The molecule has 15 nitrogen and oxygen atoms in total. The molecule has 1 saturated heterocycles. The molecule has 3 aromatic rings. The lowest BCUT2D eigenvalue weighted by atomic mass is 10.0. The van der Waals surface area contributed by atoms with Crippen molar-refractivity contribution in [2.75, 3.05) is 17.2 Å². The van der Waals surface area contributed by atoms with Crippen LogP contribution in [0, 0.1) is 5.82 Å². The smallest absolute Gasteiger partial charge is 0.352 e. The lowest BCUT2D eigenvalue weighted by Crippen LogP contribution is -2.71. The van der Waals surface area contributed by atoms with E-state index in [2.05, 4.69) is 35.4 Å². The molecular weight excluding hydrogens is 575 g/mol. The van der Waals surface area contributed by atoms with Gasteiger partial charge in [0.2, 0.25) is 16.7 Å². The zero-order chi connectivity index (χ0) is 27.7. The Bertz CT molecular complexity index is 1510. The first-order valence-electron chi connectivity index (χ1n) is 10.9. The number of thioether (sulfide) groups is 2. The quantitative estimate of drug-likeness (QED) is 0.131. The largest absolute Gasteiger partial charge is 0.477 e.